The molecule has 0 aliphatic carbocycles. The first kappa shape index (κ1) is 19.5. The van der Waals surface area contributed by atoms with Gasteiger partial charge in [-0.3, -0.25) is 0 Å². The Morgan fingerprint density at radius 1 is 1.07 bits per heavy atom. The smallest absolute Gasteiger partial charge is 0.223 e. The predicted molar refractivity (Wildman–Crippen MR) is 112 cm³/mol. The molecule has 1 unspecified atom stereocenters. The van der Waals surface area contributed by atoms with Crippen molar-refractivity contribution in [2.75, 3.05) is 19.5 Å². The van der Waals surface area contributed by atoms with Crippen molar-refractivity contribution in [2.45, 2.75) is 19.9 Å². The summed E-state index contributed by atoms with van der Waals surface area (Å²) in [6, 6.07) is 11.0. The molecule has 0 fully saturated rings. The summed E-state index contributed by atoms with van der Waals surface area (Å²) in [5.41, 5.74) is 3.01. The minimum atomic E-state index is -0.141. The van der Waals surface area contributed by atoms with Gasteiger partial charge in [0.2, 0.25) is 5.95 Å². The zero-order chi connectivity index (χ0) is 21.1. The van der Waals surface area contributed by atoms with E-state index in [4.69, 9.17) is 18.4 Å². The van der Waals surface area contributed by atoms with Crippen LogP contribution in [0, 0.1) is 6.92 Å². The molecule has 8 nitrogen and oxygen atoms in total. The molecule has 0 saturated carbocycles. The van der Waals surface area contributed by atoms with E-state index in [1.54, 1.807) is 26.7 Å². The average Bonchev–Trinajstić information content (AvgIpc) is 3.45. The SMILES string of the molecule is COc1ccc(OC)c(C(C)Nc2ncc(-c3cc(C)no3)c(-c3ccco3)n2)c1. The predicted octanol–water partition coefficient (Wildman–Crippen LogP) is 4.89. The highest BCUT2D eigenvalue weighted by Gasteiger charge is 2.19. The fourth-order valence-corrected chi connectivity index (χ4v) is 3.17. The number of aryl methyl sites for hydroxylation is 1. The number of ether oxygens (including phenoxy) is 2. The second kappa shape index (κ2) is 8.28. The summed E-state index contributed by atoms with van der Waals surface area (Å²) in [5.74, 6) is 3.12. The maximum absolute atomic E-state index is 5.58. The molecule has 0 amide bonds. The van der Waals surface area contributed by atoms with Crippen molar-refractivity contribution >= 4 is 5.95 Å². The van der Waals surface area contributed by atoms with Crippen molar-refractivity contribution in [3.8, 4) is 34.3 Å². The van der Waals surface area contributed by atoms with Gasteiger partial charge < -0.3 is 23.7 Å². The minimum absolute atomic E-state index is 0.141. The number of aromatic nitrogens is 3. The number of methoxy groups -OCH3 is 2. The Hall–Kier alpha value is -3.81. The molecule has 0 aliphatic heterocycles. The molecule has 3 heterocycles. The summed E-state index contributed by atoms with van der Waals surface area (Å²) in [6.45, 7) is 3.86. The molecule has 1 atom stereocenters. The molecule has 0 aliphatic rings. The van der Waals surface area contributed by atoms with E-state index in [-0.39, 0.29) is 6.04 Å². The van der Waals surface area contributed by atoms with Crippen molar-refractivity contribution in [1.29, 1.82) is 0 Å². The lowest BCUT2D eigenvalue weighted by Crippen LogP contribution is -2.11. The molecule has 30 heavy (non-hydrogen) atoms. The third-order valence-corrected chi connectivity index (χ3v) is 4.69. The fourth-order valence-electron chi connectivity index (χ4n) is 3.17. The Bertz CT molecular complexity index is 1140. The number of hydrogen-bond donors (Lipinski definition) is 1. The third kappa shape index (κ3) is 3.84. The highest BCUT2D eigenvalue weighted by Crippen LogP contribution is 2.34. The van der Waals surface area contributed by atoms with Gasteiger partial charge in [-0.1, -0.05) is 5.16 Å². The molecule has 0 spiro atoms. The van der Waals surface area contributed by atoms with Crippen molar-refractivity contribution in [2.24, 2.45) is 0 Å². The van der Waals surface area contributed by atoms with Gasteiger partial charge in [-0.15, -0.1) is 0 Å². The van der Waals surface area contributed by atoms with Crippen molar-refractivity contribution in [1.82, 2.24) is 15.1 Å². The zero-order valence-corrected chi connectivity index (χ0v) is 17.2. The Balaban J connectivity index is 1.70. The maximum atomic E-state index is 5.58. The van der Waals surface area contributed by atoms with Gasteiger partial charge in [0.15, 0.2) is 11.5 Å². The van der Waals surface area contributed by atoms with Crippen LogP contribution in [-0.4, -0.2) is 29.3 Å². The summed E-state index contributed by atoms with van der Waals surface area (Å²) in [6.07, 6.45) is 3.30. The van der Waals surface area contributed by atoms with Gasteiger partial charge in [0.1, 0.15) is 17.2 Å². The van der Waals surface area contributed by atoms with Gasteiger partial charge in [-0.2, -0.15) is 0 Å². The van der Waals surface area contributed by atoms with Crippen LogP contribution in [0.15, 0.2) is 57.8 Å². The third-order valence-electron chi connectivity index (χ3n) is 4.69. The van der Waals surface area contributed by atoms with Crippen LogP contribution in [0.3, 0.4) is 0 Å². The zero-order valence-electron chi connectivity index (χ0n) is 17.2. The van der Waals surface area contributed by atoms with Crippen LogP contribution >= 0.6 is 0 Å². The molecule has 0 radical (unpaired) electrons. The topological polar surface area (TPSA) is 95.4 Å². The first-order valence-corrected chi connectivity index (χ1v) is 9.42. The number of nitrogens with zero attached hydrogens (tertiary/aromatic N) is 3. The quantitative estimate of drug-likeness (QED) is 0.463. The molecule has 0 saturated heterocycles. The molecule has 0 bridgehead atoms. The maximum Gasteiger partial charge on any atom is 0.223 e. The number of anilines is 1. The van der Waals surface area contributed by atoms with Gasteiger partial charge in [0.05, 0.1) is 37.8 Å². The van der Waals surface area contributed by atoms with Gasteiger partial charge >= 0.3 is 0 Å². The van der Waals surface area contributed by atoms with E-state index >= 15 is 0 Å². The molecule has 4 rings (SSSR count). The van der Waals surface area contributed by atoms with Crippen LogP contribution < -0.4 is 14.8 Å². The van der Waals surface area contributed by atoms with Crippen LogP contribution in [-0.2, 0) is 0 Å². The van der Waals surface area contributed by atoms with E-state index in [1.807, 2.05) is 50.2 Å². The van der Waals surface area contributed by atoms with Gasteiger partial charge in [-0.05, 0) is 44.2 Å². The largest absolute Gasteiger partial charge is 0.497 e. The average molecular weight is 406 g/mol. The number of furan rings is 1. The summed E-state index contributed by atoms with van der Waals surface area (Å²) in [4.78, 5) is 9.16. The Kier molecular flexibility index (Phi) is 5.38. The molecular formula is C22H22N4O4. The molecule has 4 aromatic rings. The van der Waals surface area contributed by atoms with Gasteiger partial charge in [-0.25, -0.2) is 9.97 Å². The van der Waals surface area contributed by atoms with E-state index in [0.717, 1.165) is 22.8 Å². The number of benzene rings is 1. The Morgan fingerprint density at radius 2 is 1.93 bits per heavy atom. The fraction of sp³-hybridized carbons (Fsp3) is 0.227. The molecule has 1 aromatic carbocycles. The standard InChI is InChI=1S/C22H22N4O4/c1-13-10-20(30-26-13)17-12-23-22(25-21(17)19-6-5-9-29-19)24-14(2)16-11-15(27-3)7-8-18(16)28-4/h5-12,14H,1-4H3,(H,23,24,25). The first-order valence-electron chi connectivity index (χ1n) is 9.42. The lowest BCUT2D eigenvalue weighted by Gasteiger charge is -2.18. The molecule has 8 heteroatoms. The Labute approximate surface area is 173 Å². The molecule has 1 N–H and O–H groups in total. The van der Waals surface area contributed by atoms with E-state index in [9.17, 15) is 0 Å². The summed E-state index contributed by atoms with van der Waals surface area (Å²) < 4.78 is 21.8. The van der Waals surface area contributed by atoms with E-state index in [0.29, 0.717) is 28.7 Å². The van der Waals surface area contributed by atoms with Crippen molar-refractivity contribution in [3.05, 3.63) is 60.1 Å². The van der Waals surface area contributed by atoms with Gasteiger partial charge in [0.25, 0.3) is 0 Å². The highest BCUT2D eigenvalue weighted by molar-refractivity contribution is 5.75. The summed E-state index contributed by atoms with van der Waals surface area (Å²) in [7, 11) is 3.27. The van der Waals surface area contributed by atoms with Crippen LogP contribution in [0.4, 0.5) is 5.95 Å². The lowest BCUT2D eigenvalue weighted by molar-refractivity contribution is 0.397. The molecule has 3 aromatic heterocycles. The first-order chi connectivity index (χ1) is 14.6. The molecule has 154 valence electrons. The number of hydrogen-bond acceptors (Lipinski definition) is 8. The second-order valence-corrected chi connectivity index (χ2v) is 6.74. The van der Waals surface area contributed by atoms with E-state index in [2.05, 4.69) is 20.4 Å². The number of rotatable bonds is 7. The van der Waals surface area contributed by atoms with E-state index in [1.165, 1.54) is 0 Å². The normalized spacial score (nSPS) is 11.9. The second-order valence-electron chi connectivity index (χ2n) is 6.74. The number of nitrogens with one attached hydrogen (secondary N) is 1. The van der Waals surface area contributed by atoms with Crippen LogP contribution in [0.2, 0.25) is 0 Å². The Morgan fingerprint density at radius 3 is 2.60 bits per heavy atom. The summed E-state index contributed by atoms with van der Waals surface area (Å²) >= 11 is 0. The highest BCUT2D eigenvalue weighted by atomic mass is 16.5. The van der Waals surface area contributed by atoms with Crippen molar-refractivity contribution in [3.63, 3.8) is 0 Å². The van der Waals surface area contributed by atoms with Crippen molar-refractivity contribution < 1.29 is 18.4 Å². The summed E-state index contributed by atoms with van der Waals surface area (Å²) in [5, 5.41) is 7.28. The van der Waals surface area contributed by atoms with Gasteiger partial charge in [0, 0.05) is 17.8 Å². The van der Waals surface area contributed by atoms with Crippen LogP contribution in [0.1, 0.15) is 24.2 Å². The minimum Gasteiger partial charge on any atom is -0.497 e. The molecular weight excluding hydrogens is 384 g/mol. The van der Waals surface area contributed by atoms with E-state index < -0.39 is 0 Å². The van der Waals surface area contributed by atoms with Crippen LogP contribution in [0.25, 0.3) is 22.8 Å². The monoisotopic (exact) mass is 406 g/mol. The van der Waals surface area contributed by atoms with Crippen LogP contribution in [0.5, 0.6) is 11.5 Å². The lowest BCUT2D eigenvalue weighted by atomic mass is 10.1.